The predicted molar refractivity (Wildman–Crippen MR) is 114 cm³/mol. The van der Waals surface area contributed by atoms with Gasteiger partial charge in [0.1, 0.15) is 11.5 Å². The van der Waals surface area contributed by atoms with Crippen molar-refractivity contribution in [3.8, 4) is 11.5 Å². The Hall–Kier alpha value is -1.71. The lowest BCUT2D eigenvalue weighted by Crippen LogP contribution is -2.30. The summed E-state index contributed by atoms with van der Waals surface area (Å²) in [5, 5.41) is 13.0. The molecule has 0 aromatic heterocycles. The largest absolute Gasteiger partial charge is 0.506 e. The van der Waals surface area contributed by atoms with Gasteiger partial charge in [0.15, 0.2) is 6.61 Å². The number of ether oxygens (including phenoxy) is 1. The van der Waals surface area contributed by atoms with Crippen LogP contribution in [-0.4, -0.2) is 43.4 Å². The van der Waals surface area contributed by atoms with Crippen molar-refractivity contribution in [3.05, 3.63) is 45.4 Å². The number of nitrogens with zero attached hydrogens (tertiary/aromatic N) is 1. The fourth-order valence-corrected chi connectivity index (χ4v) is 4.51. The van der Waals surface area contributed by atoms with Crippen LogP contribution in [0.2, 0.25) is 15.1 Å². The molecule has 1 amide bonds. The van der Waals surface area contributed by atoms with Gasteiger partial charge in [0.2, 0.25) is 10.0 Å². The van der Waals surface area contributed by atoms with Crippen molar-refractivity contribution < 1.29 is 23.1 Å². The average molecular weight is 482 g/mol. The fraction of sp³-hybridized carbons (Fsp3) is 0.278. The second-order valence-corrected chi connectivity index (χ2v) is 8.96. The zero-order valence-electron chi connectivity index (χ0n) is 15.6. The molecule has 2 N–H and O–H groups in total. The third-order valence-electron chi connectivity index (χ3n) is 3.92. The van der Waals surface area contributed by atoms with E-state index in [-0.39, 0.29) is 37.1 Å². The van der Waals surface area contributed by atoms with Crippen molar-refractivity contribution in [1.29, 1.82) is 0 Å². The summed E-state index contributed by atoms with van der Waals surface area (Å²) in [6.45, 7) is 3.56. The maximum Gasteiger partial charge on any atom is 0.262 e. The highest BCUT2D eigenvalue weighted by atomic mass is 35.5. The highest BCUT2D eigenvalue weighted by Gasteiger charge is 2.23. The number of benzene rings is 2. The van der Waals surface area contributed by atoms with Crippen molar-refractivity contribution in [2.75, 3.05) is 25.0 Å². The quantitative estimate of drug-likeness (QED) is 0.430. The molecule has 0 bridgehead atoms. The molecule has 158 valence electrons. The second kappa shape index (κ2) is 9.86. The van der Waals surface area contributed by atoms with Crippen LogP contribution in [0, 0.1) is 0 Å². The first-order valence-corrected chi connectivity index (χ1v) is 11.1. The van der Waals surface area contributed by atoms with E-state index in [1.54, 1.807) is 13.8 Å². The normalized spacial score (nSPS) is 11.5. The van der Waals surface area contributed by atoms with Crippen LogP contribution in [0.3, 0.4) is 0 Å². The summed E-state index contributed by atoms with van der Waals surface area (Å²) in [7, 11) is -3.75. The summed E-state index contributed by atoms with van der Waals surface area (Å²) in [4.78, 5) is 12.1. The van der Waals surface area contributed by atoms with Crippen LogP contribution in [0.4, 0.5) is 5.69 Å². The Morgan fingerprint density at radius 3 is 2.31 bits per heavy atom. The number of halogens is 3. The zero-order chi connectivity index (χ0) is 21.8. The topological polar surface area (TPSA) is 95.9 Å². The maximum atomic E-state index is 12.6. The highest BCUT2D eigenvalue weighted by Crippen LogP contribution is 2.34. The minimum absolute atomic E-state index is 0.0530. The van der Waals surface area contributed by atoms with E-state index >= 15 is 0 Å². The molecule has 11 heteroatoms. The van der Waals surface area contributed by atoms with Gasteiger partial charge in [-0.05, 0) is 24.3 Å². The van der Waals surface area contributed by atoms with Gasteiger partial charge in [-0.3, -0.25) is 4.79 Å². The van der Waals surface area contributed by atoms with E-state index in [1.165, 1.54) is 34.6 Å². The predicted octanol–water partition coefficient (Wildman–Crippen LogP) is 4.40. The molecule has 0 spiro atoms. The molecule has 0 saturated heterocycles. The molecular formula is C18H19Cl3N2O5S. The number of phenolic OH excluding ortho intramolecular Hbond substituents is 1. The number of carbonyl (C=O) groups is 1. The summed E-state index contributed by atoms with van der Waals surface area (Å²) in [6, 6.07) is 6.40. The lowest BCUT2D eigenvalue weighted by Gasteiger charge is -2.19. The molecule has 7 nitrogen and oxygen atoms in total. The van der Waals surface area contributed by atoms with Crippen molar-refractivity contribution in [2.45, 2.75) is 18.7 Å². The van der Waals surface area contributed by atoms with E-state index in [1.807, 2.05) is 0 Å². The van der Waals surface area contributed by atoms with Gasteiger partial charge in [-0.2, -0.15) is 4.31 Å². The number of rotatable bonds is 8. The average Bonchev–Trinajstić information content (AvgIpc) is 2.66. The third kappa shape index (κ3) is 5.67. The van der Waals surface area contributed by atoms with Crippen LogP contribution in [0.25, 0.3) is 0 Å². The molecule has 0 unspecified atom stereocenters. The Morgan fingerprint density at radius 2 is 1.69 bits per heavy atom. The highest BCUT2D eigenvalue weighted by molar-refractivity contribution is 7.89. The zero-order valence-corrected chi connectivity index (χ0v) is 18.7. The third-order valence-corrected chi connectivity index (χ3v) is 6.98. The molecule has 0 radical (unpaired) electrons. The van der Waals surface area contributed by atoms with Crippen molar-refractivity contribution in [3.63, 3.8) is 0 Å². The van der Waals surface area contributed by atoms with E-state index in [2.05, 4.69) is 5.32 Å². The van der Waals surface area contributed by atoms with Gasteiger partial charge in [-0.15, -0.1) is 0 Å². The molecule has 0 fully saturated rings. The lowest BCUT2D eigenvalue weighted by molar-refractivity contribution is -0.118. The number of aromatic hydroxyl groups is 1. The maximum absolute atomic E-state index is 12.6. The molecule has 29 heavy (non-hydrogen) atoms. The molecule has 0 aliphatic heterocycles. The lowest BCUT2D eigenvalue weighted by atomic mass is 10.3. The Balaban J connectivity index is 2.15. The van der Waals surface area contributed by atoms with Crippen molar-refractivity contribution in [2.24, 2.45) is 0 Å². The molecule has 0 heterocycles. The Labute approximate surface area is 184 Å². The number of hydrogen-bond acceptors (Lipinski definition) is 5. The number of anilines is 1. The van der Waals surface area contributed by atoms with Crippen molar-refractivity contribution >= 4 is 56.4 Å². The Bertz CT molecular complexity index is 1010. The molecule has 2 rings (SSSR count). The molecule has 2 aromatic carbocycles. The van der Waals surface area contributed by atoms with Crippen LogP contribution in [0.15, 0.2) is 35.2 Å². The number of carbonyl (C=O) groups excluding carboxylic acids is 1. The number of hydrogen-bond donors (Lipinski definition) is 2. The van der Waals surface area contributed by atoms with Crippen LogP contribution in [0.5, 0.6) is 11.5 Å². The van der Waals surface area contributed by atoms with E-state index < -0.39 is 22.5 Å². The smallest absolute Gasteiger partial charge is 0.262 e. The van der Waals surface area contributed by atoms with Crippen LogP contribution < -0.4 is 10.1 Å². The van der Waals surface area contributed by atoms with E-state index in [0.29, 0.717) is 13.1 Å². The van der Waals surface area contributed by atoms with Crippen LogP contribution in [-0.2, 0) is 14.8 Å². The first-order valence-electron chi connectivity index (χ1n) is 8.50. The molecular weight excluding hydrogens is 463 g/mol. The van der Waals surface area contributed by atoms with E-state index in [0.717, 1.165) is 0 Å². The molecule has 0 atom stereocenters. The second-order valence-electron chi connectivity index (χ2n) is 5.80. The number of nitrogens with one attached hydrogen (secondary N) is 1. The standard InChI is InChI=1S/C18H19Cl3N2O5S/c1-3-23(4-2)29(26,27)11-5-6-16(24)15(7-11)22-18(25)10-28-17-9-13(20)12(19)8-14(17)21/h5-9,24H,3-4,10H2,1-2H3,(H,22,25). The van der Waals surface area contributed by atoms with Crippen LogP contribution >= 0.6 is 34.8 Å². The van der Waals surface area contributed by atoms with E-state index in [9.17, 15) is 18.3 Å². The van der Waals surface area contributed by atoms with Crippen LogP contribution in [0.1, 0.15) is 13.8 Å². The first kappa shape index (κ1) is 23.6. The summed E-state index contributed by atoms with van der Waals surface area (Å²) >= 11 is 17.7. The summed E-state index contributed by atoms with van der Waals surface area (Å²) in [5.41, 5.74) is -0.0629. The van der Waals surface area contributed by atoms with Gasteiger partial charge in [0.05, 0.1) is 25.7 Å². The number of phenols is 1. The summed E-state index contributed by atoms with van der Waals surface area (Å²) in [6.07, 6.45) is 0. The number of amides is 1. The summed E-state index contributed by atoms with van der Waals surface area (Å²) in [5.74, 6) is -0.775. The SMILES string of the molecule is CCN(CC)S(=O)(=O)c1ccc(O)c(NC(=O)COc2cc(Cl)c(Cl)cc2Cl)c1. The summed E-state index contributed by atoms with van der Waals surface area (Å²) < 4.78 is 31.8. The molecule has 2 aromatic rings. The molecule has 0 saturated carbocycles. The van der Waals surface area contributed by atoms with Gasteiger partial charge < -0.3 is 15.2 Å². The Kier molecular flexibility index (Phi) is 8.02. The Morgan fingerprint density at radius 1 is 1.07 bits per heavy atom. The number of sulfonamides is 1. The van der Waals surface area contributed by atoms with Gasteiger partial charge in [-0.25, -0.2) is 8.42 Å². The van der Waals surface area contributed by atoms with Gasteiger partial charge >= 0.3 is 0 Å². The van der Waals surface area contributed by atoms with Crippen molar-refractivity contribution in [1.82, 2.24) is 4.31 Å². The van der Waals surface area contributed by atoms with Gasteiger partial charge in [0, 0.05) is 19.2 Å². The minimum Gasteiger partial charge on any atom is -0.506 e. The first-order chi connectivity index (χ1) is 13.6. The monoisotopic (exact) mass is 480 g/mol. The van der Waals surface area contributed by atoms with E-state index in [4.69, 9.17) is 39.5 Å². The minimum atomic E-state index is -3.75. The molecule has 0 aliphatic carbocycles. The molecule has 0 aliphatic rings. The van der Waals surface area contributed by atoms with Gasteiger partial charge in [0.25, 0.3) is 5.91 Å². The fourth-order valence-electron chi connectivity index (χ4n) is 2.43. The van der Waals surface area contributed by atoms with Gasteiger partial charge in [-0.1, -0.05) is 48.7 Å².